The van der Waals surface area contributed by atoms with Crippen molar-refractivity contribution < 1.29 is 32.6 Å². The Morgan fingerprint density at radius 2 is 1.80 bits per heavy atom. The van der Waals surface area contributed by atoms with Gasteiger partial charge in [-0.15, -0.1) is 0 Å². The minimum Gasteiger partial charge on any atom is -0.493 e. The summed E-state index contributed by atoms with van der Waals surface area (Å²) in [4.78, 5) is 22.8. The minimum absolute atomic E-state index is 0.128. The highest BCUT2D eigenvalue weighted by Gasteiger charge is 2.15. The van der Waals surface area contributed by atoms with Gasteiger partial charge in [0.25, 0.3) is 0 Å². The summed E-state index contributed by atoms with van der Waals surface area (Å²) >= 11 is 0. The predicted molar refractivity (Wildman–Crippen MR) is 111 cm³/mol. The molecule has 0 bridgehead atoms. The number of hydrogen-bond donors (Lipinski definition) is 2. The first-order valence-electron chi connectivity index (χ1n) is 9.11. The number of allylic oxidation sites excluding steroid dienone is 1. The summed E-state index contributed by atoms with van der Waals surface area (Å²) in [5.41, 5.74) is 1.03. The van der Waals surface area contributed by atoms with Crippen molar-refractivity contribution in [1.82, 2.24) is 4.72 Å². The van der Waals surface area contributed by atoms with Gasteiger partial charge >= 0.3 is 5.97 Å². The lowest BCUT2D eigenvalue weighted by Crippen LogP contribution is -2.29. The largest absolute Gasteiger partial charge is 0.493 e. The average molecular weight is 433 g/mol. The maximum Gasteiger partial charge on any atom is 0.318 e. The second kappa shape index (κ2) is 10.6. The van der Waals surface area contributed by atoms with Gasteiger partial charge in [0.2, 0.25) is 10.0 Å². The Morgan fingerprint density at radius 3 is 2.40 bits per heavy atom. The Labute approximate surface area is 175 Å². The molecule has 8 nitrogen and oxygen atoms in total. The fraction of sp³-hybridized carbons (Fsp3) is 0.238. The third-order valence-electron chi connectivity index (χ3n) is 3.94. The number of hydrogen-bond acceptors (Lipinski definition) is 6. The smallest absolute Gasteiger partial charge is 0.318 e. The van der Waals surface area contributed by atoms with Crippen molar-refractivity contribution in [3.05, 3.63) is 59.7 Å². The van der Waals surface area contributed by atoms with Crippen LogP contribution in [0.5, 0.6) is 11.5 Å². The van der Waals surface area contributed by atoms with Crippen molar-refractivity contribution >= 4 is 27.9 Å². The number of ether oxygens (including phenoxy) is 2. The molecule has 2 rings (SSSR count). The summed E-state index contributed by atoms with van der Waals surface area (Å²) in [5.74, 6) is -0.431. The van der Waals surface area contributed by atoms with Crippen LogP contribution < -0.4 is 14.2 Å². The molecule has 0 unspecified atom stereocenters. The highest BCUT2D eigenvalue weighted by atomic mass is 32.2. The van der Waals surface area contributed by atoms with E-state index in [1.165, 1.54) is 30.3 Å². The van der Waals surface area contributed by atoms with E-state index in [0.717, 1.165) is 12.0 Å². The topological polar surface area (TPSA) is 119 Å². The molecule has 0 amide bonds. The van der Waals surface area contributed by atoms with Crippen LogP contribution in [0.3, 0.4) is 0 Å². The first-order chi connectivity index (χ1) is 14.3. The Morgan fingerprint density at radius 1 is 1.10 bits per heavy atom. The van der Waals surface area contributed by atoms with Crippen molar-refractivity contribution in [2.24, 2.45) is 0 Å². The molecule has 2 N–H and O–H groups in total. The molecular formula is C21H23NO7S. The first kappa shape index (κ1) is 23.1. The molecule has 0 heterocycles. The number of methoxy groups -OCH3 is 1. The van der Waals surface area contributed by atoms with Crippen LogP contribution in [0.4, 0.5) is 0 Å². The molecule has 0 spiro atoms. The lowest BCUT2D eigenvalue weighted by molar-refractivity contribution is -0.135. The molecular weight excluding hydrogens is 410 g/mol. The lowest BCUT2D eigenvalue weighted by atomic mass is 10.1. The summed E-state index contributed by atoms with van der Waals surface area (Å²) in [6, 6.07) is 10.5. The van der Waals surface area contributed by atoms with Gasteiger partial charge < -0.3 is 14.6 Å². The van der Waals surface area contributed by atoms with Crippen molar-refractivity contribution in [1.29, 1.82) is 0 Å². The second-order valence-corrected chi connectivity index (χ2v) is 7.97. The highest BCUT2D eigenvalue weighted by Crippen LogP contribution is 2.28. The number of rotatable bonds is 11. The van der Waals surface area contributed by atoms with Crippen molar-refractivity contribution in [2.45, 2.75) is 18.2 Å². The molecule has 0 aliphatic rings. The van der Waals surface area contributed by atoms with Gasteiger partial charge in [0, 0.05) is 5.56 Å². The molecule has 160 valence electrons. The van der Waals surface area contributed by atoms with Gasteiger partial charge in [0.15, 0.2) is 17.3 Å². The molecule has 0 aliphatic carbocycles. The Bertz CT molecular complexity index is 1030. The van der Waals surface area contributed by atoms with Gasteiger partial charge in [-0.25, -0.2) is 8.42 Å². The van der Waals surface area contributed by atoms with Crippen LogP contribution in [0, 0.1) is 0 Å². The molecule has 0 aliphatic heterocycles. The summed E-state index contributed by atoms with van der Waals surface area (Å²) in [7, 11) is -2.41. The zero-order chi connectivity index (χ0) is 22.1. The molecule has 0 fully saturated rings. The lowest BCUT2D eigenvalue weighted by Gasteiger charge is -2.10. The number of aliphatic carboxylic acids is 1. The van der Waals surface area contributed by atoms with E-state index >= 15 is 0 Å². The summed E-state index contributed by atoms with van der Waals surface area (Å²) < 4.78 is 36.8. The quantitative estimate of drug-likeness (QED) is 0.413. The third-order valence-corrected chi connectivity index (χ3v) is 5.36. The van der Waals surface area contributed by atoms with Gasteiger partial charge in [-0.05, 0) is 54.5 Å². The molecule has 0 radical (unpaired) electrons. The molecule has 0 saturated heterocycles. The standard InChI is InChI=1S/C21H23NO7S/c1-3-12-29-20-13-15(5-11-19(20)28-2)4-10-18(23)16-6-8-17(9-7-16)30(26,27)22-14-21(24)25/h4-11,13,22H,3,12,14H2,1-2H3,(H,24,25)/b10-4+. The van der Waals surface area contributed by atoms with Gasteiger partial charge in [-0.3, -0.25) is 9.59 Å². The number of carboxylic acid groups (broad SMARTS) is 1. The summed E-state index contributed by atoms with van der Waals surface area (Å²) in [6.07, 6.45) is 3.84. The van der Waals surface area contributed by atoms with Crippen LogP contribution in [-0.4, -0.2) is 45.5 Å². The van der Waals surface area contributed by atoms with E-state index < -0.39 is 22.5 Å². The fourth-order valence-electron chi connectivity index (χ4n) is 2.43. The number of carbonyl (C=O) groups excluding carboxylic acids is 1. The van der Waals surface area contributed by atoms with Crippen LogP contribution in [0.1, 0.15) is 29.3 Å². The zero-order valence-electron chi connectivity index (χ0n) is 16.6. The first-order valence-corrected chi connectivity index (χ1v) is 10.6. The fourth-order valence-corrected chi connectivity index (χ4v) is 3.40. The second-order valence-electron chi connectivity index (χ2n) is 6.20. The van der Waals surface area contributed by atoms with E-state index in [1.807, 2.05) is 11.6 Å². The average Bonchev–Trinajstić information content (AvgIpc) is 2.74. The van der Waals surface area contributed by atoms with E-state index in [0.29, 0.717) is 23.7 Å². The van der Waals surface area contributed by atoms with Crippen molar-refractivity contribution in [2.75, 3.05) is 20.3 Å². The number of sulfonamides is 1. The van der Waals surface area contributed by atoms with Crippen LogP contribution in [0.2, 0.25) is 0 Å². The van der Waals surface area contributed by atoms with E-state index in [4.69, 9.17) is 14.6 Å². The van der Waals surface area contributed by atoms with Crippen molar-refractivity contribution in [3.63, 3.8) is 0 Å². The Balaban J connectivity index is 2.12. The number of benzene rings is 2. The minimum atomic E-state index is -3.96. The molecule has 9 heteroatoms. The van der Waals surface area contributed by atoms with Crippen LogP contribution in [0.25, 0.3) is 6.08 Å². The molecule has 2 aromatic carbocycles. The van der Waals surface area contributed by atoms with Gasteiger partial charge in [-0.1, -0.05) is 19.1 Å². The molecule has 30 heavy (non-hydrogen) atoms. The molecule has 0 atom stereocenters. The number of carboxylic acids is 1. The van der Waals surface area contributed by atoms with Crippen molar-refractivity contribution in [3.8, 4) is 11.5 Å². The van der Waals surface area contributed by atoms with E-state index in [-0.39, 0.29) is 10.7 Å². The van der Waals surface area contributed by atoms with Gasteiger partial charge in [0.1, 0.15) is 6.54 Å². The van der Waals surface area contributed by atoms with E-state index in [1.54, 1.807) is 31.4 Å². The molecule has 0 saturated carbocycles. The molecule has 2 aromatic rings. The predicted octanol–water partition coefficient (Wildman–Crippen LogP) is 2.74. The monoisotopic (exact) mass is 433 g/mol. The zero-order valence-corrected chi connectivity index (χ0v) is 17.4. The maximum absolute atomic E-state index is 12.4. The normalized spacial score (nSPS) is 11.4. The number of nitrogens with one attached hydrogen (secondary N) is 1. The van der Waals surface area contributed by atoms with Crippen LogP contribution in [-0.2, 0) is 14.8 Å². The van der Waals surface area contributed by atoms with E-state index in [9.17, 15) is 18.0 Å². The van der Waals surface area contributed by atoms with E-state index in [2.05, 4.69) is 0 Å². The summed E-state index contributed by atoms with van der Waals surface area (Å²) in [5, 5.41) is 8.59. The Kier molecular flexibility index (Phi) is 8.14. The molecule has 0 aromatic heterocycles. The van der Waals surface area contributed by atoms with Crippen LogP contribution in [0.15, 0.2) is 53.4 Å². The van der Waals surface area contributed by atoms with Gasteiger partial charge in [0.05, 0.1) is 18.6 Å². The number of ketones is 1. The summed E-state index contributed by atoms with van der Waals surface area (Å²) in [6.45, 7) is 1.81. The Hall–Kier alpha value is -3.17. The maximum atomic E-state index is 12.4. The third kappa shape index (κ3) is 6.43. The SMILES string of the molecule is CCCOc1cc(/C=C/C(=O)c2ccc(S(=O)(=O)NCC(=O)O)cc2)ccc1OC. The van der Waals surface area contributed by atoms with Gasteiger partial charge in [-0.2, -0.15) is 4.72 Å². The highest BCUT2D eigenvalue weighted by molar-refractivity contribution is 7.89. The number of carbonyl (C=O) groups is 2. The van der Waals surface area contributed by atoms with Crippen LogP contribution >= 0.6 is 0 Å².